The van der Waals surface area contributed by atoms with Crippen LogP contribution >= 0.6 is 31.9 Å². The van der Waals surface area contributed by atoms with E-state index in [0.29, 0.717) is 25.8 Å². The van der Waals surface area contributed by atoms with E-state index in [-0.39, 0.29) is 5.82 Å². The molecule has 1 rings (SSSR count). The predicted octanol–water partition coefficient (Wildman–Crippen LogP) is 3.55. The summed E-state index contributed by atoms with van der Waals surface area (Å²) in [6.45, 7) is 3.38. The van der Waals surface area contributed by atoms with Gasteiger partial charge in [0.2, 0.25) is 0 Å². The van der Waals surface area contributed by atoms with E-state index >= 15 is 0 Å². The van der Waals surface area contributed by atoms with Gasteiger partial charge in [-0.05, 0) is 45.7 Å². The first-order chi connectivity index (χ1) is 5.46. The lowest BCUT2D eigenvalue weighted by Gasteiger charge is -2.09. The Morgan fingerprint density at radius 2 is 1.42 bits per heavy atom. The Bertz CT molecular complexity index is 231. The van der Waals surface area contributed by atoms with Gasteiger partial charge in [0.25, 0.3) is 0 Å². The van der Waals surface area contributed by atoms with Crippen LogP contribution in [0.1, 0.15) is 11.1 Å². The number of anilines is 1. The average Bonchev–Trinajstić information content (AvgIpc) is 2.08. The third-order valence-electron chi connectivity index (χ3n) is 1.79. The summed E-state index contributed by atoms with van der Waals surface area (Å²) in [4.78, 5) is 0. The van der Waals surface area contributed by atoms with Gasteiger partial charge in [0.15, 0.2) is 0 Å². The smallest absolute Gasteiger partial charge is 0.131 e. The van der Waals surface area contributed by atoms with Crippen LogP contribution in [0, 0.1) is 19.7 Å². The second-order valence-corrected chi connectivity index (χ2v) is 4.19. The molecule has 0 aromatic heterocycles. The molecule has 0 aliphatic heterocycles. The molecular weight excluding hydrogens is 289 g/mol. The van der Waals surface area contributed by atoms with Crippen molar-refractivity contribution in [1.29, 1.82) is 0 Å². The van der Waals surface area contributed by atoms with Crippen molar-refractivity contribution < 1.29 is 4.39 Å². The minimum Gasteiger partial charge on any atom is -0.397 e. The first-order valence-electron chi connectivity index (χ1n) is 3.36. The largest absolute Gasteiger partial charge is 0.397 e. The fourth-order valence-corrected chi connectivity index (χ4v) is 1.98. The molecule has 12 heavy (non-hydrogen) atoms. The fourth-order valence-electron chi connectivity index (χ4n) is 0.974. The van der Waals surface area contributed by atoms with E-state index in [0.717, 1.165) is 0 Å². The lowest BCUT2D eigenvalue weighted by Crippen LogP contribution is -1.98. The van der Waals surface area contributed by atoms with Crippen LogP contribution < -0.4 is 5.73 Å². The molecule has 4 heteroatoms. The van der Waals surface area contributed by atoms with Gasteiger partial charge >= 0.3 is 0 Å². The molecule has 0 spiro atoms. The monoisotopic (exact) mass is 295 g/mol. The highest BCUT2D eigenvalue weighted by Gasteiger charge is 2.13. The summed E-state index contributed by atoms with van der Waals surface area (Å²) in [5, 5.41) is 0. The van der Waals surface area contributed by atoms with E-state index in [2.05, 4.69) is 31.9 Å². The third-order valence-corrected chi connectivity index (χ3v) is 3.83. The zero-order valence-electron chi connectivity index (χ0n) is 6.71. The van der Waals surface area contributed by atoms with E-state index in [4.69, 9.17) is 5.73 Å². The number of benzene rings is 1. The number of nitrogen functional groups attached to an aromatic ring is 1. The van der Waals surface area contributed by atoms with E-state index in [1.165, 1.54) is 0 Å². The minimum absolute atomic E-state index is 0.219. The molecule has 0 saturated heterocycles. The van der Waals surface area contributed by atoms with Gasteiger partial charge in [-0.15, -0.1) is 0 Å². The standard InChI is InChI=1S/C8H8Br2FN/c1-3-5(9)8(12)6(10)4(2)7(3)11/h12H2,1-2H3. The minimum atomic E-state index is -0.219. The van der Waals surface area contributed by atoms with E-state index in [1.54, 1.807) is 13.8 Å². The molecule has 0 bridgehead atoms. The van der Waals surface area contributed by atoms with Crippen LogP contribution in [0.3, 0.4) is 0 Å². The Labute approximate surface area is 87.4 Å². The highest BCUT2D eigenvalue weighted by atomic mass is 79.9. The number of halogens is 3. The van der Waals surface area contributed by atoms with Crippen LogP contribution in [0.25, 0.3) is 0 Å². The molecule has 1 aromatic rings. The molecular formula is C8H8Br2FN. The first-order valence-corrected chi connectivity index (χ1v) is 4.94. The van der Waals surface area contributed by atoms with Crippen LogP contribution in [-0.4, -0.2) is 0 Å². The number of hydrogen-bond donors (Lipinski definition) is 1. The number of rotatable bonds is 0. The number of nitrogens with two attached hydrogens (primary N) is 1. The molecule has 0 atom stereocenters. The zero-order chi connectivity index (χ0) is 9.46. The summed E-state index contributed by atoms with van der Waals surface area (Å²) < 4.78 is 14.6. The molecule has 0 radical (unpaired) electrons. The van der Waals surface area contributed by atoms with Crippen molar-refractivity contribution in [2.75, 3.05) is 5.73 Å². The first kappa shape index (κ1) is 9.99. The van der Waals surface area contributed by atoms with E-state index in [1.807, 2.05) is 0 Å². The quantitative estimate of drug-likeness (QED) is 0.728. The van der Waals surface area contributed by atoms with Crippen LogP contribution in [-0.2, 0) is 0 Å². The molecule has 0 unspecified atom stereocenters. The summed E-state index contributed by atoms with van der Waals surface area (Å²) in [5.74, 6) is -0.219. The third kappa shape index (κ3) is 1.38. The van der Waals surface area contributed by atoms with Crippen molar-refractivity contribution in [3.05, 3.63) is 25.9 Å². The van der Waals surface area contributed by atoms with Gasteiger partial charge in [0.1, 0.15) is 5.82 Å². The normalized spacial score (nSPS) is 10.4. The number of hydrogen-bond acceptors (Lipinski definition) is 1. The van der Waals surface area contributed by atoms with Gasteiger partial charge in [-0.3, -0.25) is 0 Å². The molecule has 0 amide bonds. The molecule has 0 fully saturated rings. The molecule has 1 nitrogen and oxygen atoms in total. The maximum Gasteiger partial charge on any atom is 0.131 e. The van der Waals surface area contributed by atoms with Crippen molar-refractivity contribution in [1.82, 2.24) is 0 Å². The molecule has 66 valence electrons. The van der Waals surface area contributed by atoms with Gasteiger partial charge in [0, 0.05) is 20.1 Å². The highest BCUT2D eigenvalue weighted by molar-refractivity contribution is 9.11. The Hall–Kier alpha value is -0.0900. The molecule has 1 aromatic carbocycles. The molecule has 0 heterocycles. The second-order valence-electron chi connectivity index (χ2n) is 2.61. The van der Waals surface area contributed by atoms with Crippen molar-refractivity contribution in [3.63, 3.8) is 0 Å². The lowest BCUT2D eigenvalue weighted by molar-refractivity contribution is 0.607. The van der Waals surface area contributed by atoms with Crippen LogP contribution in [0.5, 0.6) is 0 Å². The van der Waals surface area contributed by atoms with Crippen LogP contribution in [0.2, 0.25) is 0 Å². The fraction of sp³-hybridized carbons (Fsp3) is 0.250. The topological polar surface area (TPSA) is 26.0 Å². The van der Waals surface area contributed by atoms with Crippen molar-refractivity contribution in [2.45, 2.75) is 13.8 Å². The summed E-state index contributed by atoms with van der Waals surface area (Å²) >= 11 is 6.44. The van der Waals surface area contributed by atoms with Crippen molar-refractivity contribution in [3.8, 4) is 0 Å². The van der Waals surface area contributed by atoms with Gasteiger partial charge in [-0.1, -0.05) is 0 Å². The van der Waals surface area contributed by atoms with E-state index in [9.17, 15) is 4.39 Å². The summed E-state index contributed by atoms with van der Waals surface area (Å²) in [5.41, 5.74) is 7.34. The van der Waals surface area contributed by atoms with Gasteiger partial charge in [0.05, 0.1) is 5.69 Å². The maximum absolute atomic E-state index is 13.3. The van der Waals surface area contributed by atoms with Crippen molar-refractivity contribution >= 4 is 37.5 Å². The Morgan fingerprint density at radius 3 is 1.75 bits per heavy atom. The molecule has 0 aliphatic rings. The Kier molecular flexibility index (Phi) is 2.78. The SMILES string of the molecule is Cc1c(F)c(C)c(Br)c(N)c1Br. The summed E-state index contributed by atoms with van der Waals surface area (Å²) in [6, 6.07) is 0. The van der Waals surface area contributed by atoms with Gasteiger partial charge in [-0.25, -0.2) is 4.39 Å². The average molecular weight is 297 g/mol. The van der Waals surface area contributed by atoms with Crippen molar-refractivity contribution in [2.24, 2.45) is 0 Å². The molecule has 0 saturated carbocycles. The maximum atomic E-state index is 13.3. The van der Waals surface area contributed by atoms with E-state index < -0.39 is 0 Å². The lowest BCUT2D eigenvalue weighted by atomic mass is 10.1. The van der Waals surface area contributed by atoms with Crippen LogP contribution in [0.15, 0.2) is 8.95 Å². The second kappa shape index (κ2) is 3.34. The zero-order valence-corrected chi connectivity index (χ0v) is 9.88. The van der Waals surface area contributed by atoms with Crippen LogP contribution in [0.4, 0.5) is 10.1 Å². The Balaban J connectivity index is 3.60. The summed E-state index contributed by atoms with van der Waals surface area (Å²) in [6.07, 6.45) is 0. The van der Waals surface area contributed by atoms with Gasteiger partial charge < -0.3 is 5.73 Å². The predicted molar refractivity (Wildman–Crippen MR) is 55.7 cm³/mol. The van der Waals surface area contributed by atoms with Gasteiger partial charge in [-0.2, -0.15) is 0 Å². The molecule has 2 N–H and O–H groups in total. The Morgan fingerprint density at radius 1 is 1.08 bits per heavy atom. The molecule has 0 aliphatic carbocycles. The highest BCUT2D eigenvalue weighted by Crippen LogP contribution is 2.35. The summed E-state index contributed by atoms with van der Waals surface area (Å²) in [7, 11) is 0.